The van der Waals surface area contributed by atoms with Gasteiger partial charge in [0.05, 0.1) is 27.9 Å². The second kappa shape index (κ2) is 9.40. The van der Waals surface area contributed by atoms with Crippen LogP contribution in [0.25, 0.3) is 5.57 Å². The number of benzene rings is 2. The van der Waals surface area contributed by atoms with Crippen molar-refractivity contribution in [2.45, 2.75) is 63.7 Å². The molecule has 2 aromatic rings. The lowest BCUT2D eigenvalue weighted by Gasteiger charge is -2.26. The number of fused-ring (bicyclic) bond motifs is 1. The number of nitrogen functional groups attached to an aromatic ring is 1. The largest absolute Gasteiger partial charge is 0.493 e. The molecule has 4 atom stereocenters. The fourth-order valence-corrected chi connectivity index (χ4v) is 5.25. The van der Waals surface area contributed by atoms with Gasteiger partial charge in [0.2, 0.25) is 5.75 Å². The van der Waals surface area contributed by atoms with Crippen LogP contribution in [0.5, 0.6) is 17.2 Å². The fourth-order valence-electron chi connectivity index (χ4n) is 5.25. The summed E-state index contributed by atoms with van der Waals surface area (Å²) in [6.45, 7) is 7.96. The summed E-state index contributed by atoms with van der Waals surface area (Å²) in [6.07, 6.45) is -1.66. The van der Waals surface area contributed by atoms with Gasteiger partial charge in [0.1, 0.15) is 24.1 Å². The molecule has 3 saturated heterocycles. The molecule has 0 amide bonds. The van der Waals surface area contributed by atoms with E-state index < -0.39 is 29.9 Å². The summed E-state index contributed by atoms with van der Waals surface area (Å²) in [7, 11) is 4.74. The van der Waals surface area contributed by atoms with Crippen molar-refractivity contribution in [3.8, 4) is 17.2 Å². The van der Waals surface area contributed by atoms with Gasteiger partial charge in [-0.2, -0.15) is 0 Å². The van der Waals surface area contributed by atoms with Gasteiger partial charge in [-0.05, 0) is 63.1 Å². The van der Waals surface area contributed by atoms with Crippen LogP contribution in [0.3, 0.4) is 0 Å². The van der Waals surface area contributed by atoms with E-state index in [1.807, 2.05) is 64.1 Å². The van der Waals surface area contributed by atoms with Crippen molar-refractivity contribution in [3.63, 3.8) is 0 Å². The Bertz CT molecular complexity index is 1180. The minimum absolute atomic E-state index is 0.334. The van der Waals surface area contributed by atoms with Crippen LogP contribution in [-0.2, 0) is 23.7 Å². The van der Waals surface area contributed by atoms with E-state index in [1.54, 1.807) is 21.3 Å². The smallest absolute Gasteiger partial charge is 0.203 e. The van der Waals surface area contributed by atoms with E-state index in [4.69, 9.17) is 43.6 Å². The van der Waals surface area contributed by atoms with Crippen LogP contribution in [-0.4, -0.2) is 63.9 Å². The topological polar surface area (TPSA) is 99.9 Å². The van der Waals surface area contributed by atoms with Gasteiger partial charge < -0.3 is 43.6 Å². The van der Waals surface area contributed by atoms with Crippen LogP contribution in [0, 0.1) is 0 Å². The molecule has 9 nitrogen and oxygen atoms in total. The highest BCUT2D eigenvalue weighted by Gasteiger charge is 2.58. The summed E-state index contributed by atoms with van der Waals surface area (Å²) in [4.78, 5) is 0. The molecule has 5 rings (SSSR count). The highest BCUT2D eigenvalue weighted by molar-refractivity contribution is 5.85. The molecule has 200 valence electrons. The Labute approximate surface area is 217 Å². The summed E-state index contributed by atoms with van der Waals surface area (Å²) in [6, 6.07) is 11.4. The fraction of sp³-hybridized carbons (Fsp3) is 0.500. The highest BCUT2D eigenvalue weighted by Crippen LogP contribution is 2.49. The minimum atomic E-state index is -0.812. The van der Waals surface area contributed by atoms with Crippen LogP contribution in [0.2, 0.25) is 0 Å². The number of hydrogen-bond acceptors (Lipinski definition) is 9. The number of anilines is 1. The van der Waals surface area contributed by atoms with E-state index in [1.165, 1.54) is 0 Å². The Hall–Kier alpha value is -2.98. The average molecular weight is 514 g/mol. The third kappa shape index (κ3) is 4.72. The van der Waals surface area contributed by atoms with Gasteiger partial charge in [-0.15, -0.1) is 0 Å². The summed E-state index contributed by atoms with van der Waals surface area (Å²) in [5.74, 6) is 0.626. The molecule has 0 unspecified atom stereocenters. The van der Waals surface area contributed by atoms with E-state index in [0.29, 0.717) is 35.3 Å². The first kappa shape index (κ1) is 25.7. The number of ether oxygens (including phenoxy) is 8. The number of nitrogens with two attached hydrogens (primary N) is 1. The van der Waals surface area contributed by atoms with Gasteiger partial charge in [-0.1, -0.05) is 12.1 Å². The quantitative estimate of drug-likeness (QED) is 0.572. The molecule has 9 heteroatoms. The third-order valence-corrected chi connectivity index (χ3v) is 6.75. The summed E-state index contributed by atoms with van der Waals surface area (Å²) in [5, 5.41) is 0. The van der Waals surface area contributed by atoms with Crippen molar-refractivity contribution >= 4 is 11.3 Å². The molecule has 0 spiro atoms. The molecule has 3 heterocycles. The maximum Gasteiger partial charge on any atom is 0.203 e. The molecule has 0 radical (unpaired) electrons. The lowest BCUT2D eigenvalue weighted by atomic mass is 9.93. The van der Waals surface area contributed by atoms with Crippen molar-refractivity contribution in [1.29, 1.82) is 0 Å². The zero-order valence-electron chi connectivity index (χ0n) is 22.3. The molecule has 3 fully saturated rings. The normalized spacial score (nSPS) is 28.9. The molecular formula is C28H35NO8. The molecule has 3 aliphatic rings. The summed E-state index contributed by atoms with van der Waals surface area (Å²) in [5.41, 5.74) is 9.24. The first-order chi connectivity index (χ1) is 17.6. The van der Waals surface area contributed by atoms with Gasteiger partial charge in [0.15, 0.2) is 29.2 Å². The van der Waals surface area contributed by atoms with Crippen molar-refractivity contribution in [2.75, 3.05) is 33.7 Å². The highest BCUT2D eigenvalue weighted by atomic mass is 16.8. The van der Waals surface area contributed by atoms with Crippen LogP contribution in [0.15, 0.2) is 42.2 Å². The molecular weight excluding hydrogens is 478 g/mol. The van der Waals surface area contributed by atoms with Crippen molar-refractivity contribution in [1.82, 2.24) is 0 Å². The minimum Gasteiger partial charge on any atom is -0.493 e. The monoisotopic (exact) mass is 513 g/mol. The van der Waals surface area contributed by atoms with Crippen molar-refractivity contribution in [2.24, 2.45) is 0 Å². The zero-order valence-corrected chi connectivity index (χ0v) is 22.3. The molecule has 0 aromatic heterocycles. The maximum atomic E-state index is 6.68. The number of hydrogen-bond donors (Lipinski definition) is 1. The maximum absolute atomic E-state index is 6.68. The lowest BCUT2D eigenvalue weighted by Crippen LogP contribution is -2.40. The molecule has 0 saturated carbocycles. The Balaban J connectivity index is 1.71. The third-order valence-electron chi connectivity index (χ3n) is 6.75. The molecule has 37 heavy (non-hydrogen) atoms. The predicted molar refractivity (Wildman–Crippen MR) is 137 cm³/mol. The van der Waals surface area contributed by atoms with Crippen LogP contribution < -0.4 is 19.9 Å². The van der Waals surface area contributed by atoms with Gasteiger partial charge in [-0.25, -0.2) is 0 Å². The molecule has 3 aliphatic heterocycles. The second-order valence-electron chi connectivity index (χ2n) is 10.2. The SMILES string of the molecule is COc1cc(/C(=C2\O[C@@H]([C@H]3COC(C)(C)O3)[C@H]3OC(C)(C)O[C@@H]23)c2cccc(N)c2)cc(OC)c1OC. The van der Waals surface area contributed by atoms with E-state index in [-0.39, 0.29) is 6.10 Å². The van der Waals surface area contributed by atoms with E-state index in [0.717, 1.165) is 16.7 Å². The number of rotatable bonds is 6. The van der Waals surface area contributed by atoms with Crippen molar-refractivity contribution in [3.05, 3.63) is 53.3 Å². The second-order valence-corrected chi connectivity index (χ2v) is 10.2. The van der Waals surface area contributed by atoms with Crippen molar-refractivity contribution < 1.29 is 37.9 Å². The Morgan fingerprint density at radius 3 is 2.11 bits per heavy atom. The first-order valence-corrected chi connectivity index (χ1v) is 12.3. The standard InChI is InChI=1S/C28H35NO8/c1-27(2)33-14-20(35-27)23-25-26(37-28(3,4)36-25)24(34-23)21(15-9-8-10-17(29)11-15)16-12-18(30-5)22(32-7)19(13-16)31-6/h8-13,20,23,25-26H,14,29H2,1-7H3/b24-21-/t20-,23+,25-,26+/m1/s1. The van der Waals surface area contributed by atoms with E-state index in [9.17, 15) is 0 Å². The van der Waals surface area contributed by atoms with Gasteiger partial charge in [-0.3, -0.25) is 0 Å². The van der Waals surface area contributed by atoms with E-state index in [2.05, 4.69) is 0 Å². The van der Waals surface area contributed by atoms with Crippen LogP contribution in [0.4, 0.5) is 5.69 Å². The lowest BCUT2D eigenvalue weighted by molar-refractivity contribution is -0.187. The Morgan fingerprint density at radius 1 is 0.838 bits per heavy atom. The average Bonchev–Trinajstić information content (AvgIpc) is 3.48. The van der Waals surface area contributed by atoms with E-state index >= 15 is 0 Å². The van der Waals surface area contributed by atoms with Crippen LogP contribution >= 0.6 is 0 Å². The molecule has 0 bridgehead atoms. The van der Waals surface area contributed by atoms with Gasteiger partial charge >= 0.3 is 0 Å². The Morgan fingerprint density at radius 2 is 1.54 bits per heavy atom. The number of methoxy groups -OCH3 is 3. The molecule has 0 aliphatic carbocycles. The van der Waals surface area contributed by atoms with Crippen LogP contribution in [0.1, 0.15) is 38.8 Å². The zero-order chi connectivity index (χ0) is 26.5. The molecule has 2 N–H and O–H groups in total. The molecule has 2 aromatic carbocycles. The summed E-state index contributed by atoms with van der Waals surface area (Å²) < 4.78 is 48.4. The van der Waals surface area contributed by atoms with Gasteiger partial charge in [0, 0.05) is 11.3 Å². The van der Waals surface area contributed by atoms with Gasteiger partial charge in [0.25, 0.3) is 0 Å². The Kier molecular flexibility index (Phi) is 6.52. The predicted octanol–water partition coefficient (Wildman–Crippen LogP) is 4.12. The summed E-state index contributed by atoms with van der Waals surface area (Å²) >= 11 is 0. The first-order valence-electron chi connectivity index (χ1n) is 12.3.